The average Bonchev–Trinajstić information content (AvgIpc) is 2.76. The number of sulfonamides is 1. The first-order valence-corrected chi connectivity index (χ1v) is 7.68. The van der Waals surface area contributed by atoms with Gasteiger partial charge in [-0.1, -0.05) is 26.7 Å². The maximum Gasteiger partial charge on any atom is 0.214 e. The first-order valence-electron chi connectivity index (χ1n) is 6.14. The first-order chi connectivity index (χ1) is 7.42. The van der Waals surface area contributed by atoms with Gasteiger partial charge in [-0.05, 0) is 18.3 Å². The van der Waals surface area contributed by atoms with E-state index < -0.39 is 10.0 Å². The van der Waals surface area contributed by atoms with E-state index in [0.717, 1.165) is 38.8 Å². The zero-order valence-electron chi connectivity index (χ0n) is 10.1. The first kappa shape index (κ1) is 12.3. The largest absolute Gasteiger partial charge is 0.315 e. The third-order valence-electron chi connectivity index (χ3n) is 3.92. The van der Waals surface area contributed by atoms with Crippen LogP contribution in [-0.2, 0) is 10.0 Å². The van der Waals surface area contributed by atoms with E-state index >= 15 is 0 Å². The summed E-state index contributed by atoms with van der Waals surface area (Å²) in [6.07, 6.45) is 3.77. The van der Waals surface area contributed by atoms with Crippen molar-refractivity contribution in [1.82, 2.24) is 10.0 Å². The van der Waals surface area contributed by atoms with Crippen LogP contribution >= 0.6 is 0 Å². The van der Waals surface area contributed by atoms with Crippen LogP contribution in [-0.4, -0.2) is 32.8 Å². The summed E-state index contributed by atoms with van der Waals surface area (Å²) in [6, 6.07) is 0.0399. The third-order valence-corrected chi connectivity index (χ3v) is 5.88. The van der Waals surface area contributed by atoms with Crippen LogP contribution < -0.4 is 10.0 Å². The van der Waals surface area contributed by atoms with Gasteiger partial charge in [-0.25, -0.2) is 13.1 Å². The third kappa shape index (κ3) is 2.41. The van der Waals surface area contributed by atoms with E-state index in [1.54, 1.807) is 0 Å². The summed E-state index contributed by atoms with van der Waals surface area (Å²) < 4.78 is 27.2. The number of hydrogen-bond donors (Lipinski definition) is 2. The molecule has 4 nitrogen and oxygen atoms in total. The van der Waals surface area contributed by atoms with Gasteiger partial charge in [0.2, 0.25) is 10.0 Å². The SMILES string of the molecule is CC1(C)CNCC1NS(=O)(=O)C1CCCC1. The van der Waals surface area contributed by atoms with E-state index in [9.17, 15) is 8.42 Å². The van der Waals surface area contributed by atoms with Crippen LogP contribution in [0, 0.1) is 5.41 Å². The Morgan fingerprint density at radius 3 is 2.38 bits per heavy atom. The lowest BCUT2D eigenvalue weighted by atomic mass is 9.89. The van der Waals surface area contributed by atoms with Gasteiger partial charge < -0.3 is 5.32 Å². The van der Waals surface area contributed by atoms with Crippen LogP contribution in [0.15, 0.2) is 0 Å². The van der Waals surface area contributed by atoms with E-state index in [0.29, 0.717) is 0 Å². The fourth-order valence-corrected chi connectivity index (χ4v) is 4.58. The normalized spacial score (nSPS) is 31.0. The molecule has 2 N–H and O–H groups in total. The fourth-order valence-electron chi connectivity index (χ4n) is 2.63. The molecular formula is C11H22N2O2S. The molecule has 0 bridgehead atoms. The lowest BCUT2D eigenvalue weighted by Crippen LogP contribution is -2.47. The van der Waals surface area contributed by atoms with Gasteiger partial charge in [0, 0.05) is 19.1 Å². The summed E-state index contributed by atoms with van der Waals surface area (Å²) in [6.45, 7) is 5.84. The molecule has 2 fully saturated rings. The van der Waals surface area contributed by atoms with Crippen LogP contribution in [0.5, 0.6) is 0 Å². The number of hydrogen-bond acceptors (Lipinski definition) is 3. The maximum atomic E-state index is 12.1. The van der Waals surface area contributed by atoms with Gasteiger partial charge in [0.05, 0.1) is 5.25 Å². The van der Waals surface area contributed by atoms with E-state index in [-0.39, 0.29) is 16.7 Å². The monoisotopic (exact) mass is 246 g/mol. The van der Waals surface area contributed by atoms with Crippen LogP contribution in [0.1, 0.15) is 39.5 Å². The molecule has 0 radical (unpaired) electrons. The zero-order chi connectivity index (χ0) is 11.8. The van der Waals surface area contributed by atoms with Gasteiger partial charge in [0.25, 0.3) is 0 Å². The van der Waals surface area contributed by atoms with Crippen molar-refractivity contribution in [2.24, 2.45) is 5.41 Å². The summed E-state index contributed by atoms with van der Waals surface area (Å²) in [5, 5.41) is 3.10. The van der Waals surface area contributed by atoms with Gasteiger partial charge in [-0.15, -0.1) is 0 Å². The van der Waals surface area contributed by atoms with Gasteiger partial charge in [-0.3, -0.25) is 0 Å². The van der Waals surface area contributed by atoms with Crippen molar-refractivity contribution in [1.29, 1.82) is 0 Å². The maximum absolute atomic E-state index is 12.1. The summed E-state index contributed by atoms with van der Waals surface area (Å²) in [4.78, 5) is 0. The molecule has 1 aliphatic carbocycles. The van der Waals surface area contributed by atoms with Crippen molar-refractivity contribution in [3.8, 4) is 0 Å². The van der Waals surface area contributed by atoms with E-state index in [2.05, 4.69) is 23.9 Å². The standard InChI is InChI=1S/C11H22N2O2S/c1-11(2)8-12-7-10(11)13-16(14,15)9-5-3-4-6-9/h9-10,12-13H,3-8H2,1-2H3. The van der Waals surface area contributed by atoms with Crippen LogP contribution in [0.2, 0.25) is 0 Å². The van der Waals surface area contributed by atoms with Crippen molar-refractivity contribution >= 4 is 10.0 Å². The molecule has 1 atom stereocenters. The van der Waals surface area contributed by atoms with Gasteiger partial charge in [-0.2, -0.15) is 0 Å². The second-order valence-electron chi connectivity index (χ2n) is 5.74. The Balaban J connectivity index is 2.03. The summed E-state index contributed by atoms with van der Waals surface area (Å²) in [5.41, 5.74) is 0.0195. The minimum Gasteiger partial charge on any atom is -0.315 e. The summed E-state index contributed by atoms with van der Waals surface area (Å²) in [5.74, 6) is 0. The molecule has 94 valence electrons. The fraction of sp³-hybridized carbons (Fsp3) is 1.00. The average molecular weight is 246 g/mol. The Kier molecular flexibility index (Phi) is 3.29. The molecular weight excluding hydrogens is 224 g/mol. The molecule has 0 aromatic carbocycles. The molecule has 2 rings (SSSR count). The van der Waals surface area contributed by atoms with Crippen molar-refractivity contribution in [3.05, 3.63) is 0 Å². The minimum atomic E-state index is -3.10. The highest BCUT2D eigenvalue weighted by Gasteiger charge is 2.39. The van der Waals surface area contributed by atoms with E-state index in [1.165, 1.54) is 0 Å². The minimum absolute atomic E-state index is 0.0195. The molecule has 1 saturated heterocycles. The lowest BCUT2D eigenvalue weighted by Gasteiger charge is -2.27. The molecule has 0 aromatic rings. The molecule has 5 heteroatoms. The quantitative estimate of drug-likeness (QED) is 0.776. The van der Waals surface area contributed by atoms with Crippen LogP contribution in [0.3, 0.4) is 0 Å². The number of rotatable bonds is 3. The molecule has 1 saturated carbocycles. The second-order valence-corrected chi connectivity index (χ2v) is 7.73. The van der Waals surface area contributed by atoms with Crippen molar-refractivity contribution in [3.63, 3.8) is 0 Å². The highest BCUT2D eigenvalue weighted by molar-refractivity contribution is 7.90. The van der Waals surface area contributed by atoms with Crippen LogP contribution in [0.25, 0.3) is 0 Å². The summed E-state index contributed by atoms with van der Waals surface area (Å²) >= 11 is 0. The van der Waals surface area contributed by atoms with Crippen molar-refractivity contribution in [2.75, 3.05) is 13.1 Å². The Bertz CT molecular complexity index is 345. The lowest BCUT2D eigenvalue weighted by molar-refractivity contribution is 0.340. The highest BCUT2D eigenvalue weighted by atomic mass is 32.2. The van der Waals surface area contributed by atoms with Gasteiger partial charge in [0.15, 0.2) is 0 Å². The predicted octanol–water partition coefficient (Wildman–Crippen LogP) is 0.846. The molecule has 1 aliphatic heterocycles. The molecule has 0 spiro atoms. The summed E-state index contributed by atoms with van der Waals surface area (Å²) in [7, 11) is -3.10. The highest BCUT2D eigenvalue weighted by Crippen LogP contribution is 2.28. The van der Waals surface area contributed by atoms with Crippen molar-refractivity contribution in [2.45, 2.75) is 50.8 Å². The van der Waals surface area contributed by atoms with Crippen molar-refractivity contribution < 1.29 is 8.42 Å². The molecule has 2 aliphatic rings. The van der Waals surface area contributed by atoms with Crippen LogP contribution in [0.4, 0.5) is 0 Å². The second kappa shape index (κ2) is 4.27. The Morgan fingerprint density at radius 1 is 1.25 bits per heavy atom. The van der Waals surface area contributed by atoms with Gasteiger partial charge >= 0.3 is 0 Å². The topological polar surface area (TPSA) is 58.2 Å². The Labute approximate surface area is 98.2 Å². The molecule has 1 unspecified atom stereocenters. The molecule has 0 aromatic heterocycles. The Hall–Kier alpha value is -0.130. The van der Waals surface area contributed by atoms with E-state index in [4.69, 9.17) is 0 Å². The van der Waals surface area contributed by atoms with Gasteiger partial charge in [0.1, 0.15) is 0 Å². The Morgan fingerprint density at radius 2 is 1.88 bits per heavy atom. The predicted molar refractivity (Wildman–Crippen MR) is 64.8 cm³/mol. The van der Waals surface area contributed by atoms with E-state index in [1.807, 2.05) is 0 Å². The smallest absolute Gasteiger partial charge is 0.214 e. The zero-order valence-corrected chi connectivity index (χ0v) is 10.9. The molecule has 1 heterocycles. The molecule has 16 heavy (non-hydrogen) atoms. The number of nitrogens with one attached hydrogen (secondary N) is 2. The molecule has 0 amide bonds.